The van der Waals surface area contributed by atoms with E-state index in [0.717, 1.165) is 36.3 Å². The van der Waals surface area contributed by atoms with Crippen LogP contribution in [-0.4, -0.2) is 34.3 Å². The second-order valence-electron chi connectivity index (χ2n) is 4.58. The maximum absolute atomic E-state index is 5.69. The van der Waals surface area contributed by atoms with Gasteiger partial charge >= 0.3 is 0 Å². The molecular formula is C13H25BrN4. The van der Waals surface area contributed by atoms with E-state index in [2.05, 4.69) is 44.5 Å². The molecule has 0 spiro atoms. The third-order valence-electron chi connectivity index (χ3n) is 3.10. The first-order valence-electron chi connectivity index (χ1n) is 6.78. The van der Waals surface area contributed by atoms with Gasteiger partial charge in [0, 0.05) is 26.2 Å². The molecule has 1 rings (SSSR count). The van der Waals surface area contributed by atoms with Gasteiger partial charge in [-0.25, -0.2) is 0 Å². The standard InChI is InChI=1S/C13H25BrN4/c1-4-6-8-17(9-7-15)10-12-13(14)11(3)16-18(12)5-2/h4-10,15H2,1-3H3. The van der Waals surface area contributed by atoms with Crippen LogP contribution in [0.15, 0.2) is 4.47 Å². The number of rotatable bonds is 8. The van der Waals surface area contributed by atoms with E-state index in [4.69, 9.17) is 5.73 Å². The monoisotopic (exact) mass is 316 g/mol. The smallest absolute Gasteiger partial charge is 0.0739 e. The Bertz CT molecular complexity index is 362. The van der Waals surface area contributed by atoms with Crippen LogP contribution >= 0.6 is 15.9 Å². The van der Waals surface area contributed by atoms with Gasteiger partial charge in [0.05, 0.1) is 15.9 Å². The van der Waals surface area contributed by atoms with Crippen molar-refractivity contribution in [2.75, 3.05) is 19.6 Å². The van der Waals surface area contributed by atoms with Crippen molar-refractivity contribution in [3.05, 3.63) is 15.9 Å². The number of hydrogen-bond acceptors (Lipinski definition) is 3. The molecule has 0 aliphatic carbocycles. The summed E-state index contributed by atoms with van der Waals surface area (Å²) in [5, 5.41) is 4.53. The predicted octanol–water partition coefficient (Wildman–Crippen LogP) is 2.53. The van der Waals surface area contributed by atoms with E-state index in [9.17, 15) is 0 Å². The van der Waals surface area contributed by atoms with Crippen molar-refractivity contribution in [3.63, 3.8) is 0 Å². The molecule has 0 amide bonds. The minimum Gasteiger partial charge on any atom is -0.329 e. The Morgan fingerprint density at radius 1 is 1.33 bits per heavy atom. The molecule has 0 aliphatic rings. The molecule has 0 saturated carbocycles. The molecule has 0 saturated heterocycles. The van der Waals surface area contributed by atoms with E-state index in [1.54, 1.807) is 0 Å². The molecule has 0 aliphatic heterocycles. The summed E-state index contributed by atoms with van der Waals surface area (Å²) >= 11 is 3.65. The number of nitrogens with zero attached hydrogens (tertiary/aromatic N) is 3. The van der Waals surface area contributed by atoms with Crippen molar-refractivity contribution in [2.45, 2.75) is 46.7 Å². The van der Waals surface area contributed by atoms with Crippen LogP contribution in [-0.2, 0) is 13.1 Å². The lowest BCUT2D eigenvalue weighted by Crippen LogP contribution is -2.31. The Morgan fingerprint density at radius 2 is 2.06 bits per heavy atom. The molecule has 104 valence electrons. The summed E-state index contributed by atoms with van der Waals surface area (Å²) < 4.78 is 3.22. The molecular weight excluding hydrogens is 292 g/mol. The lowest BCUT2D eigenvalue weighted by atomic mass is 10.2. The quantitative estimate of drug-likeness (QED) is 0.801. The summed E-state index contributed by atoms with van der Waals surface area (Å²) in [7, 11) is 0. The molecule has 0 unspecified atom stereocenters. The van der Waals surface area contributed by atoms with Gasteiger partial charge in [0.1, 0.15) is 0 Å². The van der Waals surface area contributed by atoms with E-state index < -0.39 is 0 Å². The van der Waals surface area contributed by atoms with Crippen LogP contribution in [0, 0.1) is 6.92 Å². The molecule has 4 nitrogen and oxygen atoms in total. The molecule has 5 heteroatoms. The van der Waals surface area contributed by atoms with Crippen molar-refractivity contribution in [1.82, 2.24) is 14.7 Å². The van der Waals surface area contributed by atoms with Crippen LogP contribution < -0.4 is 5.73 Å². The van der Waals surface area contributed by atoms with Gasteiger partial charge in [-0.1, -0.05) is 13.3 Å². The zero-order chi connectivity index (χ0) is 13.5. The average molecular weight is 317 g/mol. The number of nitrogens with two attached hydrogens (primary N) is 1. The van der Waals surface area contributed by atoms with E-state index >= 15 is 0 Å². The fourth-order valence-electron chi connectivity index (χ4n) is 2.07. The summed E-state index contributed by atoms with van der Waals surface area (Å²) in [6, 6.07) is 0. The third-order valence-corrected chi connectivity index (χ3v) is 4.13. The van der Waals surface area contributed by atoms with Gasteiger partial charge < -0.3 is 5.73 Å². The minimum absolute atomic E-state index is 0.709. The first-order valence-corrected chi connectivity index (χ1v) is 7.57. The molecule has 1 aromatic heterocycles. The number of halogens is 1. The van der Waals surface area contributed by atoms with Gasteiger partial charge in [-0.15, -0.1) is 0 Å². The van der Waals surface area contributed by atoms with E-state index in [0.29, 0.717) is 6.54 Å². The van der Waals surface area contributed by atoms with Crippen LogP contribution in [0.2, 0.25) is 0 Å². The number of aromatic nitrogens is 2. The Kier molecular flexibility index (Phi) is 6.89. The summed E-state index contributed by atoms with van der Waals surface area (Å²) in [5.41, 5.74) is 8.02. The summed E-state index contributed by atoms with van der Waals surface area (Å²) in [4.78, 5) is 2.41. The van der Waals surface area contributed by atoms with Crippen molar-refractivity contribution in [3.8, 4) is 0 Å². The SMILES string of the molecule is CCCCN(CCN)Cc1c(Br)c(C)nn1CC. The summed E-state index contributed by atoms with van der Waals surface area (Å²) in [6.45, 7) is 11.0. The van der Waals surface area contributed by atoms with Gasteiger partial charge in [-0.3, -0.25) is 9.58 Å². The molecule has 18 heavy (non-hydrogen) atoms. The third kappa shape index (κ3) is 4.07. The van der Waals surface area contributed by atoms with Crippen LogP contribution in [0.1, 0.15) is 38.1 Å². The molecule has 0 bridgehead atoms. The fourth-order valence-corrected chi connectivity index (χ4v) is 2.48. The fraction of sp³-hybridized carbons (Fsp3) is 0.769. The van der Waals surface area contributed by atoms with E-state index in [1.165, 1.54) is 18.5 Å². The Balaban J connectivity index is 2.78. The van der Waals surface area contributed by atoms with Gasteiger partial charge in [-0.05, 0) is 42.7 Å². The van der Waals surface area contributed by atoms with Gasteiger partial charge in [0.15, 0.2) is 0 Å². The van der Waals surface area contributed by atoms with Gasteiger partial charge in [0.25, 0.3) is 0 Å². The molecule has 2 N–H and O–H groups in total. The van der Waals surface area contributed by atoms with Gasteiger partial charge in [0.2, 0.25) is 0 Å². The van der Waals surface area contributed by atoms with Crippen molar-refractivity contribution >= 4 is 15.9 Å². The normalized spacial score (nSPS) is 11.4. The molecule has 0 atom stereocenters. The number of hydrogen-bond donors (Lipinski definition) is 1. The largest absolute Gasteiger partial charge is 0.329 e. The van der Waals surface area contributed by atoms with Crippen molar-refractivity contribution in [2.24, 2.45) is 5.73 Å². The van der Waals surface area contributed by atoms with Crippen LogP contribution in [0.3, 0.4) is 0 Å². The second kappa shape index (κ2) is 7.92. The zero-order valence-electron chi connectivity index (χ0n) is 11.7. The maximum atomic E-state index is 5.69. The molecule has 0 fully saturated rings. The van der Waals surface area contributed by atoms with Crippen molar-refractivity contribution < 1.29 is 0 Å². The van der Waals surface area contributed by atoms with Crippen LogP contribution in [0.25, 0.3) is 0 Å². The highest BCUT2D eigenvalue weighted by Gasteiger charge is 2.15. The highest BCUT2D eigenvalue weighted by Crippen LogP contribution is 2.22. The minimum atomic E-state index is 0.709. The topological polar surface area (TPSA) is 47.1 Å². The highest BCUT2D eigenvalue weighted by atomic mass is 79.9. The van der Waals surface area contributed by atoms with Crippen LogP contribution in [0.5, 0.6) is 0 Å². The summed E-state index contributed by atoms with van der Waals surface area (Å²) in [5.74, 6) is 0. The van der Waals surface area contributed by atoms with Gasteiger partial charge in [-0.2, -0.15) is 5.10 Å². The number of aryl methyl sites for hydroxylation is 2. The average Bonchev–Trinajstić information content (AvgIpc) is 2.63. The zero-order valence-corrected chi connectivity index (χ0v) is 13.3. The summed E-state index contributed by atoms with van der Waals surface area (Å²) in [6.07, 6.45) is 2.44. The molecule has 1 aromatic rings. The lowest BCUT2D eigenvalue weighted by Gasteiger charge is -2.22. The molecule has 1 heterocycles. The lowest BCUT2D eigenvalue weighted by molar-refractivity contribution is 0.260. The Hall–Kier alpha value is -0.390. The van der Waals surface area contributed by atoms with Crippen molar-refractivity contribution in [1.29, 1.82) is 0 Å². The first-order chi connectivity index (χ1) is 8.63. The Labute approximate surface area is 119 Å². The number of unbranched alkanes of at least 4 members (excludes halogenated alkanes) is 1. The van der Waals surface area contributed by atoms with E-state index in [-0.39, 0.29) is 0 Å². The predicted molar refractivity (Wildman–Crippen MR) is 79.6 cm³/mol. The maximum Gasteiger partial charge on any atom is 0.0739 e. The first kappa shape index (κ1) is 15.7. The molecule has 0 radical (unpaired) electrons. The second-order valence-corrected chi connectivity index (χ2v) is 5.37. The highest BCUT2D eigenvalue weighted by molar-refractivity contribution is 9.10. The molecule has 0 aromatic carbocycles. The van der Waals surface area contributed by atoms with Crippen LogP contribution in [0.4, 0.5) is 0 Å². The Morgan fingerprint density at radius 3 is 2.61 bits per heavy atom. The van der Waals surface area contributed by atoms with E-state index in [1.807, 2.05) is 6.92 Å².